The van der Waals surface area contributed by atoms with Gasteiger partial charge in [0, 0.05) is 102 Å². The Morgan fingerprint density at radius 1 is 0.322 bits per heavy atom. The molecule has 0 spiro atoms. The summed E-state index contributed by atoms with van der Waals surface area (Å²) in [5, 5.41) is 12.0. The number of carboxylic acid groups (broad SMARTS) is 1. The predicted octanol–water partition coefficient (Wildman–Crippen LogP) is 14.5. The van der Waals surface area contributed by atoms with Crippen LogP contribution in [0.1, 0.15) is 142 Å². The van der Waals surface area contributed by atoms with E-state index in [4.69, 9.17) is 43.0 Å². The van der Waals surface area contributed by atoms with Crippen LogP contribution in [0.3, 0.4) is 0 Å². The minimum atomic E-state index is -3.75. The quantitative estimate of drug-likeness (QED) is 0.0392. The van der Waals surface area contributed by atoms with Crippen molar-refractivity contribution >= 4 is 99.3 Å². The maximum atomic E-state index is 14.7. The molecule has 4 heterocycles. The topological polar surface area (TPSA) is 419 Å². The van der Waals surface area contributed by atoms with Gasteiger partial charge >= 0.3 is 48.7 Å². The molecular formula is C106H108ClF4LiN4O26S4. The summed E-state index contributed by atoms with van der Waals surface area (Å²) in [4.78, 5) is 99.9. The molecule has 3 N–H and O–H groups in total. The van der Waals surface area contributed by atoms with Gasteiger partial charge in [-0.1, -0.05) is 87.6 Å². The summed E-state index contributed by atoms with van der Waals surface area (Å²) in [7, 11) is -9.57. The molecule has 0 unspecified atom stereocenters. The molecule has 0 saturated carbocycles. The Morgan fingerprint density at radius 3 is 0.767 bits per heavy atom. The third-order valence-electron chi connectivity index (χ3n) is 23.4. The molecule has 0 radical (unpaired) electrons. The van der Waals surface area contributed by atoms with E-state index in [1.807, 2.05) is 115 Å². The number of carbonyl (C=O) groups is 8. The number of benzene rings is 12. The number of hydrogen-bond acceptors (Lipinski definition) is 26. The molecule has 4 aliphatic rings. The van der Waals surface area contributed by atoms with Gasteiger partial charge in [-0.15, -0.1) is 12.4 Å². The third kappa shape index (κ3) is 28.4. The number of nitrogens with zero attached hydrogens (tertiary/aromatic N) is 3. The monoisotopic (exact) mass is 2100 g/mol. The van der Waals surface area contributed by atoms with Gasteiger partial charge in [0.25, 0.3) is 17.7 Å². The molecule has 0 atom stereocenters. The molecule has 12 aromatic carbocycles. The van der Waals surface area contributed by atoms with Gasteiger partial charge in [-0.05, 0) is 234 Å². The second-order valence-corrected chi connectivity index (χ2v) is 40.8. The molecule has 0 aromatic heterocycles. The maximum absolute atomic E-state index is 14.7. The molecule has 146 heavy (non-hydrogen) atoms. The summed E-state index contributed by atoms with van der Waals surface area (Å²) in [6.45, 7) is 10.1. The number of aromatic carboxylic acids is 1. The summed E-state index contributed by atoms with van der Waals surface area (Å²) in [6, 6.07) is 60.9. The van der Waals surface area contributed by atoms with Crippen LogP contribution in [-0.4, -0.2) is 213 Å². The first kappa shape index (κ1) is 119. The van der Waals surface area contributed by atoms with Crippen molar-refractivity contribution in [3.8, 4) is 67.5 Å². The Balaban J connectivity index is 0.000000252. The molecular weight excluding hydrogens is 1990 g/mol. The molecule has 0 aliphatic carbocycles. The van der Waals surface area contributed by atoms with Crippen LogP contribution in [-0.2, 0) is 84.5 Å². The minimum absolute atomic E-state index is 0. The Labute approximate surface area is 862 Å². The molecule has 0 saturated heterocycles. The van der Waals surface area contributed by atoms with Crippen molar-refractivity contribution < 1.29 is 157 Å². The fraction of sp³-hybridized carbons (Fsp3) is 0.245. The fourth-order valence-electron chi connectivity index (χ4n) is 15.6. The van der Waals surface area contributed by atoms with Gasteiger partial charge in [0.1, 0.15) is 92.3 Å². The van der Waals surface area contributed by atoms with Crippen LogP contribution in [0, 0.1) is 51.0 Å². The standard InChI is InChI=1S/3C26H24FNO6S.C17H17NO3.C9H9FO4S.2CH4.ClH.Li.H2O/c3*1-16-21(9-11-23(24(16)27)35(3,31)32)25(29)28-12-13-34-22-10-8-19(14-20(22)15-28)17-4-6-18(7-5-17)26(30)33-2;1-20-17(19)13-4-2-12(3-5-13)14-6-7-16-15(10-14)11-18-8-9-21-16;1-5-6(9(11)12)3-4-7(8(5)10)15(2,13)14;;;;;/h3*4-11,14H,12-13,15H2,1-3H3;2-7,10,18H,8-9,11H2,1H3;3-4H,1-2H3,(H,11,12);2*1H4;1H;;1H2/q;;;;;;;;+1;/p-1. The van der Waals surface area contributed by atoms with E-state index >= 15 is 0 Å². The van der Waals surface area contributed by atoms with Crippen LogP contribution < -0.4 is 43.1 Å². The first-order valence-corrected chi connectivity index (χ1v) is 51.0. The zero-order valence-electron chi connectivity index (χ0n) is 80.4. The number of nitrogens with one attached hydrogen (secondary N) is 1. The van der Waals surface area contributed by atoms with Crippen LogP contribution >= 0.6 is 12.4 Å². The smallest absolute Gasteiger partial charge is 0.870 e. The van der Waals surface area contributed by atoms with Gasteiger partial charge in [0.2, 0.25) is 0 Å². The van der Waals surface area contributed by atoms with E-state index in [2.05, 4.69) is 11.4 Å². The molecule has 30 nitrogen and oxygen atoms in total. The maximum Gasteiger partial charge on any atom is 1.00 e. The number of rotatable bonds is 16. The first-order chi connectivity index (χ1) is 66.8. The second kappa shape index (κ2) is 51.1. The summed E-state index contributed by atoms with van der Waals surface area (Å²) in [5.74, 6) is -4.97. The van der Waals surface area contributed by atoms with Gasteiger partial charge in [-0.3, -0.25) is 14.4 Å². The van der Waals surface area contributed by atoms with Crippen molar-refractivity contribution in [2.45, 2.75) is 88.3 Å². The molecule has 3 amide bonds. The molecule has 4 aliphatic heterocycles. The predicted molar refractivity (Wildman–Crippen MR) is 537 cm³/mol. The summed E-state index contributed by atoms with van der Waals surface area (Å²) in [5.41, 5.74) is 12.6. The van der Waals surface area contributed by atoms with Crippen LogP contribution in [0.15, 0.2) is 238 Å². The van der Waals surface area contributed by atoms with Crippen molar-refractivity contribution in [1.82, 2.24) is 20.0 Å². The van der Waals surface area contributed by atoms with E-state index in [1.54, 1.807) is 63.2 Å². The number of hydrogen-bond donors (Lipinski definition) is 2. The Bertz CT molecular complexity index is 6880. The largest absolute Gasteiger partial charge is 1.00 e. The van der Waals surface area contributed by atoms with Gasteiger partial charge < -0.3 is 68.5 Å². The van der Waals surface area contributed by atoms with E-state index in [-0.39, 0.29) is 161 Å². The normalized spacial score (nSPS) is 12.8. The van der Waals surface area contributed by atoms with Gasteiger partial charge in [0.05, 0.1) is 75.9 Å². The molecule has 768 valence electrons. The zero-order chi connectivity index (χ0) is 102. The van der Waals surface area contributed by atoms with Crippen molar-refractivity contribution in [2.75, 3.05) is 106 Å². The number of carboxylic acids is 1. The van der Waals surface area contributed by atoms with Crippen LogP contribution in [0.2, 0.25) is 0 Å². The average Bonchev–Trinajstić information content (AvgIpc) is 1.68. The number of fused-ring (bicyclic) bond motifs is 4. The fourth-order valence-corrected chi connectivity index (χ4v) is 18.8. The van der Waals surface area contributed by atoms with Crippen molar-refractivity contribution in [2.24, 2.45) is 0 Å². The molecule has 0 bridgehead atoms. The third-order valence-corrected chi connectivity index (χ3v) is 27.8. The van der Waals surface area contributed by atoms with E-state index < -0.39 is 124 Å². The number of methoxy groups -OCH3 is 4. The average molecular weight is 2100 g/mol. The Kier molecular flexibility index (Phi) is 41.6. The second-order valence-electron chi connectivity index (χ2n) is 32.9. The van der Waals surface area contributed by atoms with Crippen LogP contribution in [0.25, 0.3) is 44.5 Å². The number of ether oxygens (including phenoxy) is 8. The SMILES string of the molecule is C.C.COC(=O)c1ccc(-c2ccc3c(c2)CN(C(=O)c2ccc(S(C)(=O)=O)c(F)c2C)CCO3)cc1.COC(=O)c1ccc(-c2ccc3c(c2)CN(C(=O)c2ccc(S(C)(=O)=O)c(F)c2C)CCO3)cc1.COC(=O)c1ccc(-c2ccc3c(c2)CN(C(=O)c2ccc(S(C)(=O)=O)c(F)c2C)CCO3)cc1.COC(=O)c1ccc(-c2ccc3c(c2)CNCCO3)cc1.Cc1c(C(=O)O)ccc(S(C)(=O)=O)c1F.Cl.[Li+].[OH-]. The summed E-state index contributed by atoms with van der Waals surface area (Å²) in [6.07, 6.45) is 3.65. The summed E-state index contributed by atoms with van der Waals surface area (Å²) >= 11 is 0. The van der Waals surface area contributed by atoms with Crippen molar-refractivity contribution in [3.05, 3.63) is 331 Å². The number of amides is 3. The Morgan fingerprint density at radius 2 is 0.534 bits per heavy atom. The first-order valence-electron chi connectivity index (χ1n) is 43.4. The van der Waals surface area contributed by atoms with Gasteiger partial charge in [-0.2, -0.15) is 0 Å². The van der Waals surface area contributed by atoms with E-state index in [9.17, 15) is 89.6 Å². The molecule has 16 rings (SSSR count). The number of carbonyl (C=O) groups excluding carboxylic acids is 7. The number of sulfone groups is 4. The van der Waals surface area contributed by atoms with Crippen LogP contribution in [0.5, 0.6) is 23.0 Å². The molecule has 40 heteroatoms. The van der Waals surface area contributed by atoms with E-state index in [0.717, 1.165) is 141 Å². The van der Waals surface area contributed by atoms with Gasteiger partial charge in [-0.25, -0.2) is 75.2 Å². The van der Waals surface area contributed by atoms with Crippen molar-refractivity contribution in [1.29, 1.82) is 0 Å². The van der Waals surface area contributed by atoms with Crippen molar-refractivity contribution in [3.63, 3.8) is 0 Å². The minimum Gasteiger partial charge on any atom is -0.870 e. The Hall–Kier alpha value is -14.1. The van der Waals surface area contributed by atoms with E-state index in [0.29, 0.717) is 46.1 Å². The van der Waals surface area contributed by atoms with E-state index in [1.165, 1.54) is 74.3 Å². The van der Waals surface area contributed by atoms with Gasteiger partial charge in [0.15, 0.2) is 39.3 Å². The van der Waals surface area contributed by atoms with Crippen LogP contribution in [0.4, 0.5) is 17.6 Å². The molecule has 0 fully saturated rings. The number of halogens is 5. The molecule has 12 aromatic rings. The summed E-state index contributed by atoms with van der Waals surface area (Å²) < 4.78 is 193. The zero-order valence-corrected chi connectivity index (χ0v) is 84.4. The number of esters is 4.